The summed E-state index contributed by atoms with van der Waals surface area (Å²) >= 11 is 6.04. The molecule has 5 heterocycles. The molecule has 0 aliphatic rings. The van der Waals surface area contributed by atoms with Gasteiger partial charge in [-0.2, -0.15) is 0 Å². The SMILES string of the molecule is CC(C)c1ncoc1-c1sc2cc(O)ccc2c1Oc1ccc(/C=C/C(=O)O)cc1.CC/C(=C\c1ccc(Oc2c(-c3ccc(O)cc3)sc3cc(O)ccc23)cc1)C(=O)O.CC/C(=C\c1ccc(Oc2c(-c3ccccc3C(C)C)sc3cc(O)ccc23)cc1)C(=O)O.C[C@@H](O)c1ccccc1-c1sc2cc(O)ccc2c1Oc1ccc(/C=C/C(=O)O)cc1. The van der Waals surface area contributed by atoms with Crippen LogP contribution in [-0.4, -0.2) is 79.9 Å². The molecule has 16 aromatic rings. The van der Waals surface area contributed by atoms with Crippen LogP contribution in [0, 0.1) is 0 Å². The highest BCUT2D eigenvalue weighted by molar-refractivity contribution is 7.24. The number of carboxylic acids is 4. The normalized spacial score (nSPS) is 11.8. The van der Waals surface area contributed by atoms with E-state index in [0.29, 0.717) is 75.9 Å². The van der Waals surface area contributed by atoms with Gasteiger partial charge < -0.3 is 74.4 Å². The van der Waals surface area contributed by atoms with Crippen LogP contribution in [0.25, 0.3) is 107 Å². The van der Waals surface area contributed by atoms with Gasteiger partial charge in [-0.15, -0.1) is 45.3 Å². The third-order valence-electron chi connectivity index (χ3n) is 19.7. The van der Waals surface area contributed by atoms with Gasteiger partial charge in [-0.25, -0.2) is 24.2 Å². The van der Waals surface area contributed by atoms with Gasteiger partial charge in [0.05, 0.1) is 26.4 Å². The molecule has 0 aliphatic heterocycles. The molecular weight excluding hydrogens is 1660 g/mol. The maximum atomic E-state index is 11.3. The molecule has 20 nitrogen and oxygen atoms in total. The second-order valence-corrected chi connectivity index (χ2v) is 33.4. The number of carbonyl (C=O) groups is 4. The monoisotopic (exact) mass is 1740 g/mol. The van der Waals surface area contributed by atoms with Crippen molar-refractivity contribution in [2.24, 2.45) is 0 Å². The lowest BCUT2D eigenvalue weighted by Gasteiger charge is -2.14. The molecule has 0 spiro atoms. The fourth-order valence-electron chi connectivity index (χ4n) is 13.5. The third-order valence-corrected chi connectivity index (χ3v) is 24.4. The van der Waals surface area contributed by atoms with Crippen LogP contribution in [0.4, 0.5) is 0 Å². The first-order chi connectivity index (χ1) is 60.1. The number of rotatable bonds is 25. The van der Waals surface area contributed by atoms with Crippen molar-refractivity contribution in [1.29, 1.82) is 0 Å². The van der Waals surface area contributed by atoms with Crippen molar-refractivity contribution in [2.45, 2.75) is 79.2 Å². The number of aliphatic hydroxyl groups excluding tert-OH is 1. The van der Waals surface area contributed by atoms with E-state index in [1.165, 1.54) is 58.1 Å². The van der Waals surface area contributed by atoms with E-state index in [0.717, 1.165) is 128 Å². The highest BCUT2D eigenvalue weighted by Crippen LogP contribution is 2.54. The molecule has 24 heteroatoms. The van der Waals surface area contributed by atoms with E-state index in [4.69, 9.17) is 33.6 Å². The zero-order chi connectivity index (χ0) is 88.7. The molecule has 1 atom stereocenters. The van der Waals surface area contributed by atoms with Crippen LogP contribution < -0.4 is 18.9 Å². The van der Waals surface area contributed by atoms with E-state index in [1.807, 2.05) is 137 Å². The average Bonchev–Trinajstić information content (AvgIpc) is 1.71. The van der Waals surface area contributed by atoms with Gasteiger partial charge in [0.1, 0.15) is 56.6 Å². The maximum Gasteiger partial charge on any atom is 0.331 e. The quantitative estimate of drug-likeness (QED) is 0.0238. The molecule has 632 valence electrons. The first kappa shape index (κ1) is 88.3. The lowest BCUT2D eigenvalue weighted by Crippen LogP contribution is -1.98. The summed E-state index contributed by atoms with van der Waals surface area (Å²) in [6, 6.07) is 72.4. The molecule has 0 saturated carbocycles. The molecule has 11 aromatic carbocycles. The first-order valence-corrected chi connectivity index (χ1v) is 42.9. The average molecular weight is 1750 g/mol. The number of hydrogen-bond donors (Lipinski definition) is 10. The van der Waals surface area contributed by atoms with Gasteiger partial charge in [-0.1, -0.05) is 139 Å². The molecule has 0 fully saturated rings. The summed E-state index contributed by atoms with van der Waals surface area (Å²) in [5.41, 5.74) is 9.54. The lowest BCUT2D eigenvalue weighted by atomic mass is 9.96. The number of aromatic hydroxyl groups is 5. The highest BCUT2D eigenvalue weighted by atomic mass is 32.1. The Kier molecular flexibility index (Phi) is 28.2. The summed E-state index contributed by atoms with van der Waals surface area (Å²) in [5, 5.41) is 99.1. The number of benzene rings is 11. The summed E-state index contributed by atoms with van der Waals surface area (Å²) in [6.07, 6.45) is 10.2. The number of carboxylic acid groups (broad SMARTS) is 4. The van der Waals surface area contributed by atoms with E-state index in [9.17, 15) is 60.0 Å². The number of nitrogens with zero attached hydrogens (tertiary/aromatic N) is 1. The van der Waals surface area contributed by atoms with Gasteiger partial charge in [-0.3, -0.25) is 0 Å². The predicted molar refractivity (Wildman–Crippen MR) is 497 cm³/mol. The van der Waals surface area contributed by atoms with Gasteiger partial charge in [0.25, 0.3) is 0 Å². The van der Waals surface area contributed by atoms with Gasteiger partial charge in [-0.05, 0) is 246 Å². The summed E-state index contributed by atoms with van der Waals surface area (Å²) in [7, 11) is 0. The minimum Gasteiger partial charge on any atom is -0.508 e. The molecule has 0 unspecified atom stereocenters. The Hall–Kier alpha value is -14.5. The Morgan fingerprint density at radius 3 is 1.06 bits per heavy atom. The van der Waals surface area contributed by atoms with Crippen molar-refractivity contribution in [3.05, 3.63) is 311 Å². The second kappa shape index (κ2) is 40.0. The smallest absolute Gasteiger partial charge is 0.331 e. The number of aromatic nitrogens is 1. The maximum absolute atomic E-state index is 11.3. The number of hydrogen-bond acceptors (Lipinski definition) is 20. The molecule has 5 aromatic heterocycles. The molecular formula is C101H85NO19S4. The van der Waals surface area contributed by atoms with Crippen molar-refractivity contribution in [2.75, 3.05) is 0 Å². The van der Waals surface area contributed by atoms with E-state index in [2.05, 4.69) is 31.0 Å². The van der Waals surface area contributed by atoms with Crippen molar-refractivity contribution in [1.82, 2.24) is 4.98 Å². The van der Waals surface area contributed by atoms with Crippen LogP contribution in [0.1, 0.15) is 118 Å². The van der Waals surface area contributed by atoms with Gasteiger partial charge in [0, 0.05) is 69.2 Å². The Balaban J connectivity index is 0.000000143. The second-order valence-electron chi connectivity index (χ2n) is 29.2. The lowest BCUT2D eigenvalue weighted by molar-refractivity contribution is -0.133. The summed E-state index contributed by atoms with van der Waals surface area (Å²) in [6.45, 7) is 13.8. The van der Waals surface area contributed by atoms with Crippen molar-refractivity contribution in [3.63, 3.8) is 0 Å². The van der Waals surface area contributed by atoms with Crippen LogP contribution >= 0.6 is 45.3 Å². The van der Waals surface area contributed by atoms with Gasteiger partial charge in [0.2, 0.25) is 0 Å². The Bertz CT molecular complexity index is 6720. The number of aliphatic carboxylic acids is 4. The van der Waals surface area contributed by atoms with Crippen molar-refractivity contribution < 1.29 is 93.6 Å². The zero-order valence-corrected chi connectivity index (χ0v) is 71.8. The van der Waals surface area contributed by atoms with Crippen LogP contribution in [0.5, 0.6) is 74.7 Å². The fraction of sp³-hybridized carbons (Fsp3) is 0.119. The van der Waals surface area contributed by atoms with E-state index >= 15 is 0 Å². The van der Waals surface area contributed by atoms with E-state index < -0.39 is 30.0 Å². The third kappa shape index (κ3) is 21.7. The number of oxazole rings is 1. The van der Waals surface area contributed by atoms with E-state index in [-0.39, 0.29) is 34.7 Å². The largest absolute Gasteiger partial charge is 0.508 e. The first-order valence-electron chi connectivity index (χ1n) is 39.6. The molecule has 0 amide bonds. The predicted octanol–water partition coefficient (Wildman–Crippen LogP) is 27.2. The summed E-state index contributed by atoms with van der Waals surface area (Å²) in [5.74, 6) is 3.43. The Morgan fingerprint density at radius 2 is 0.712 bits per heavy atom. The number of fused-ring (bicyclic) bond motifs is 4. The van der Waals surface area contributed by atoms with Crippen LogP contribution in [0.2, 0.25) is 0 Å². The van der Waals surface area contributed by atoms with E-state index in [1.54, 1.807) is 152 Å². The molecule has 0 radical (unpaired) electrons. The minimum atomic E-state index is -1.00. The molecule has 125 heavy (non-hydrogen) atoms. The Morgan fingerprint density at radius 1 is 0.384 bits per heavy atom. The number of aliphatic hydroxyl groups is 1. The zero-order valence-electron chi connectivity index (χ0n) is 68.5. The number of ether oxygens (including phenoxy) is 4. The Labute approximate surface area is 734 Å². The number of thiophene rings is 4. The van der Waals surface area contributed by atoms with Crippen LogP contribution in [0.3, 0.4) is 0 Å². The molecule has 10 N–H and O–H groups in total. The van der Waals surface area contributed by atoms with Crippen molar-refractivity contribution >= 4 is 134 Å². The molecule has 16 rings (SSSR count). The van der Waals surface area contributed by atoms with Crippen LogP contribution in [0.15, 0.2) is 277 Å². The standard InChI is InChI=1S/C28H26O4S.2C25H20O5S.C23H19NO5S/c1-4-19(28(30)31)15-18-9-12-21(13-10-18)32-26-24-14-11-20(29)16-25(24)33-27(26)23-8-6-5-7-22(23)17(2)3;1-15(26)19-4-2-3-5-20(19)25-24(21-12-9-17(27)14-22(21)31-25)30-18-10-6-16(7-11-18)8-13-23(28)29;1-2-16(25(28)29)13-15-3-10-20(11-4-15)30-23-21-12-9-19(27)14-22(21)31-24(23)17-5-7-18(26)8-6-17;1-13(2)20-22(28-12-24-20)23-21(17-9-6-15(25)11-18(17)30-23)29-16-7-3-14(4-8-16)5-10-19(26)27/h5-17,29H,4H2,1-3H3,(H,30,31);2-15,26-27H,1H3,(H,28,29);3-14,26-27H,2H2,1H3,(H,28,29);3-13,25H,1-2H3,(H,26,27)/b19-15+;13-8+;16-13+;10-5+/t;15-;;/m.1../s1. The summed E-state index contributed by atoms with van der Waals surface area (Å²) in [4.78, 5) is 51.8. The topological polar surface area (TPSA) is 334 Å². The fourth-order valence-corrected chi connectivity index (χ4v) is 18.2. The molecule has 0 bridgehead atoms. The van der Waals surface area contributed by atoms with Gasteiger partial charge in [0.15, 0.2) is 35.2 Å². The molecule has 0 saturated heterocycles. The molecule has 0 aliphatic carbocycles. The van der Waals surface area contributed by atoms with Gasteiger partial charge >= 0.3 is 23.9 Å². The van der Waals surface area contributed by atoms with Crippen molar-refractivity contribution in [3.8, 4) is 117 Å². The number of phenolic OH excluding ortho intramolecular Hbond substituents is 5. The van der Waals surface area contributed by atoms with Crippen LogP contribution in [-0.2, 0) is 19.2 Å². The highest BCUT2D eigenvalue weighted by Gasteiger charge is 2.27. The minimum absolute atomic E-state index is 0.172. The number of phenols is 5. The summed E-state index contributed by atoms with van der Waals surface area (Å²) < 4.78 is 34.5.